The summed E-state index contributed by atoms with van der Waals surface area (Å²) in [6, 6.07) is 6.93. The number of aromatic nitrogens is 1. The third kappa shape index (κ3) is 2.12. The topological polar surface area (TPSA) is 12.9 Å². The van der Waals surface area contributed by atoms with Gasteiger partial charge in [0.15, 0.2) is 0 Å². The van der Waals surface area contributed by atoms with Gasteiger partial charge in [-0.05, 0) is 40.9 Å². The molecule has 0 saturated carbocycles. The van der Waals surface area contributed by atoms with E-state index in [2.05, 4.69) is 50.9 Å². The molecule has 0 bridgehead atoms. The minimum Gasteiger partial charge on any atom is -0.245 e. The maximum absolute atomic E-state index is 4.44. The van der Waals surface area contributed by atoms with E-state index in [1.165, 1.54) is 29.5 Å². The molecule has 1 aromatic carbocycles. The van der Waals surface area contributed by atoms with Gasteiger partial charge < -0.3 is 0 Å². The zero-order chi connectivity index (χ0) is 13.7. The second kappa shape index (κ2) is 4.17. The summed E-state index contributed by atoms with van der Waals surface area (Å²) in [6.45, 7) is 9.47. The van der Waals surface area contributed by atoms with Crippen LogP contribution in [0.4, 0.5) is 0 Å². The van der Waals surface area contributed by atoms with Crippen molar-refractivity contribution in [3.63, 3.8) is 0 Å². The fourth-order valence-corrected chi connectivity index (χ4v) is 3.72. The monoisotopic (exact) mass is 271 g/mol. The summed E-state index contributed by atoms with van der Waals surface area (Å²) in [5.41, 5.74) is 4.87. The number of rotatable bonds is 1. The Hall–Kier alpha value is -1.15. The molecule has 0 amide bonds. The third-order valence-corrected chi connectivity index (χ3v) is 5.35. The summed E-state index contributed by atoms with van der Waals surface area (Å²) in [7, 11) is 0. The third-order valence-electron chi connectivity index (χ3n) is 4.53. The average molecular weight is 271 g/mol. The first-order chi connectivity index (χ1) is 8.90. The van der Waals surface area contributed by atoms with E-state index in [0.29, 0.717) is 5.41 Å². The molecule has 3 rings (SSSR count). The summed E-state index contributed by atoms with van der Waals surface area (Å²) in [6.07, 6.45) is 4.41. The molecule has 1 aliphatic carbocycles. The van der Waals surface area contributed by atoms with Crippen molar-refractivity contribution in [2.24, 2.45) is 0 Å². The van der Waals surface area contributed by atoms with Gasteiger partial charge in [-0.1, -0.05) is 39.8 Å². The highest BCUT2D eigenvalue weighted by molar-refractivity contribution is 7.13. The van der Waals surface area contributed by atoms with Crippen LogP contribution in [0.25, 0.3) is 10.6 Å². The summed E-state index contributed by atoms with van der Waals surface area (Å²) in [4.78, 5) is 4.44. The van der Waals surface area contributed by atoms with Crippen LogP contribution in [0.5, 0.6) is 0 Å². The molecule has 0 fully saturated rings. The fraction of sp³-hybridized carbons (Fsp3) is 0.471. The summed E-state index contributed by atoms with van der Waals surface area (Å²) in [5, 5.41) is 3.17. The van der Waals surface area contributed by atoms with Crippen LogP contribution in [-0.4, -0.2) is 4.98 Å². The van der Waals surface area contributed by atoms with Gasteiger partial charge in [-0.15, -0.1) is 11.3 Å². The molecular formula is C17H21NS. The van der Waals surface area contributed by atoms with Crippen LogP contribution >= 0.6 is 11.3 Å². The molecule has 1 nitrogen and oxygen atoms in total. The largest absolute Gasteiger partial charge is 0.245 e. The van der Waals surface area contributed by atoms with Crippen molar-refractivity contribution >= 4 is 11.3 Å². The predicted octanol–water partition coefficient (Wildman–Crippen LogP) is 5.16. The van der Waals surface area contributed by atoms with E-state index in [1.807, 2.05) is 11.6 Å². The zero-order valence-corrected chi connectivity index (χ0v) is 13.0. The molecule has 0 N–H and O–H groups in total. The molecule has 1 aromatic heterocycles. The van der Waals surface area contributed by atoms with E-state index in [1.54, 1.807) is 11.3 Å². The van der Waals surface area contributed by atoms with Crippen molar-refractivity contribution in [1.29, 1.82) is 0 Å². The van der Waals surface area contributed by atoms with Crippen LogP contribution in [0.3, 0.4) is 0 Å². The smallest absolute Gasteiger partial charge is 0.123 e. The highest BCUT2D eigenvalue weighted by Gasteiger charge is 2.36. The van der Waals surface area contributed by atoms with Gasteiger partial charge in [-0.2, -0.15) is 0 Å². The number of hydrogen-bond donors (Lipinski definition) is 0. The van der Waals surface area contributed by atoms with Crippen LogP contribution in [-0.2, 0) is 10.8 Å². The van der Waals surface area contributed by atoms with E-state index in [4.69, 9.17) is 0 Å². The van der Waals surface area contributed by atoms with Crippen LogP contribution in [0, 0.1) is 0 Å². The molecule has 0 radical (unpaired) electrons. The molecule has 0 aliphatic heterocycles. The molecule has 19 heavy (non-hydrogen) atoms. The lowest BCUT2D eigenvalue weighted by Gasteiger charge is -2.42. The van der Waals surface area contributed by atoms with E-state index in [0.717, 1.165) is 5.01 Å². The Morgan fingerprint density at radius 3 is 2.32 bits per heavy atom. The van der Waals surface area contributed by atoms with Crippen molar-refractivity contribution in [2.45, 2.75) is 51.4 Å². The van der Waals surface area contributed by atoms with E-state index < -0.39 is 0 Å². The van der Waals surface area contributed by atoms with Crippen molar-refractivity contribution in [1.82, 2.24) is 4.98 Å². The van der Waals surface area contributed by atoms with Crippen molar-refractivity contribution in [2.75, 3.05) is 0 Å². The van der Waals surface area contributed by atoms with Gasteiger partial charge in [-0.25, -0.2) is 4.98 Å². The van der Waals surface area contributed by atoms with E-state index in [9.17, 15) is 0 Å². The lowest BCUT2D eigenvalue weighted by Crippen LogP contribution is -2.33. The molecule has 1 heterocycles. The molecule has 100 valence electrons. The van der Waals surface area contributed by atoms with Crippen LogP contribution < -0.4 is 0 Å². The maximum atomic E-state index is 4.44. The number of fused-ring (bicyclic) bond motifs is 1. The summed E-state index contributed by atoms with van der Waals surface area (Å²) < 4.78 is 0. The highest BCUT2D eigenvalue weighted by atomic mass is 32.1. The Kier molecular flexibility index (Phi) is 2.82. The highest BCUT2D eigenvalue weighted by Crippen LogP contribution is 2.46. The molecule has 0 atom stereocenters. The Bertz CT molecular complexity index is 594. The van der Waals surface area contributed by atoms with Crippen LogP contribution in [0.2, 0.25) is 0 Å². The lowest BCUT2D eigenvalue weighted by atomic mass is 9.63. The Balaban J connectivity index is 2.18. The minimum absolute atomic E-state index is 0.276. The quantitative estimate of drug-likeness (QED) is 0.698. The number of hydrogen-bond acceptors (Lipinski definition) is 2. The molecule has 0 saturated heterocycles. The average Bonchev–Trinajstić information content (AvgIpc) is 2.89. The lowest BCUT2D eigenvalue weighted by molar-refractivity contribution is 0.332. The van der Waals surface area contributed by atoms with Crippen molar-refractivity contribution in [3.05, 3.63) is 40.9 Å². The first kappa shape index (κ1) is 12.9. The zero-order valence-electron chi connectivity index (χ0n) is 12.2. The number of benzene rings is 1. The molecule has 0 spiro atoms. The molecule has 2 aromatic rings. The van der Waals surface area contributed by atoms with Gasteiger partial charge in [0.05, 0.1) is 0 Å². The normalized spacial score (nSPS) is 20.0. The summed E-state index contributed by atoms with van der Waals surface area (Å²) in [5.74, 6) is 0. The minimum atomic E-state index is 0.276. The van der Waals surface area contributed by atoms with E-state index in [-0.39, 0.29) is 5.41 Å². The molecular weight excluding hydrogens is 250 g/mol. The first-order valence-electron chi connectivity index (χ1n) is 6.95. The van der Waals surface area contributed by atoms with Crippen LogP contribution in [0.1, 0.15) is 51.7 Å². The van der Waals surface area contributed by atoms with E-state index >= 15 is 0 Å². The second-order valence-electron chi connectivity index (χ2n) is 6.87. The number of nitrogens with zero attached hydrogens (tertiary/aromatic N) is 1. The molecule has 2 heteroatoms. The summed E-state index contributed by atoms with van der Waals surface area (Å²) >= 11 is 1.72. The Morgan fingerprint density at radius 1 is 1.00 bits per heavy atom. The van der Waals surface area contributed by atoms with Crippen molar-refractivity contribution in [3.8, 4) is 10.6 Å². The van der Waals surface area contributed by atoms with Gasteiger partial charge in [0.1, 0.15) is 5.01 Å². The Morgan fingerprint density at radius 2 is 1.68 bits per heavy atom. The fourth-order valence-electron chi connectivity index (χ4n) is 3.09. The SMILES string of the molecule is CC1(C)CCC(C)(C)c2cc(-c3nccs3)ccc21. The standard InChI is InChI=1S/C17H21NS/c1-16(2)7-8-17(3,4)14-11-12(5-6-13(14)16)15-18-9-10-19-15/h5-6,9-11H,7-8H2,1-4H3. The van der Waals surface area contributed by atoms with Gasteiger partial charge >= 0.3 is 0 Å². The van der Waals surface area contributed by atoms with Gasteiger partial charge in [0.25, 0.3) is 0 Å². The maximum Gasteiger partial charge on any atom is 0.123 e. The van der Waals surface area contributed by atoms with Gasteiger partial charge in [0.2, 0.25) is 0 Å². The van der Waals surface area contributed by atoms with Gasteiger partial charge in [0, 0.05) is 17.1 Å². The second-order valence-corrected chi connectivity index (χ2v) is 7.76. The van der Waals surface area contributed by atoms with Crippen LogP contribution in [0.15, 0.2) is 29.8 Å². The Labute approximate surface area is 119 Å². The molecule has 1 aliphatic rings. The number of thiazole rings is 1. The van der Waals surface area contributed by atoms with Crippen molar-refractivity contribution < 1.29 is 0 Å². The molecule has 0 unspecified atom stereocenters. The first-order valence-corrected chi connectivity index (χ1v) is 7.83. The van der Waals surface area contributed by atoms with Gasteiger partial charge in [-0.3, -0.25) is 0 Å². The predicted molar refractivity (Wildman–Crippen MR) is 82.8 cm³/mol.